The highest BCUT2D eigenvalue weighted by molar-refractivity contribution is 5.46. The maximum absolute atomic E-state index is 9.40. The van der Waals surface area contributed by atoms with Crippen molar-refractivity contribution in [2.75, 3.05) is 13.2 Å². The lowest BCUT2D eigenvalue weighted by atomic mass is 9.80. The van der Waals surface area contributed by atoms with Crippen LogP contribution in [0.2, 0.25) is 0 Å². The molecule has 0 amide bonds. The third kappa shape index (κ3) is 1.23. The van der Waals surface area contributed by atoms with Gasteiger partial charge in [-0.1, -0.05) is 6.07 Å². The minimum absolute atomic E-state index is 0.0734. The van der Waals surface area contributed by atoms with Gasteiger partial charge in [0.1, 0.15) is 18.1 Å². The van der Waals surface area contributed by atoms with Crippen LogP contribution in [0.25, 0.3) is 0 Å². The van der Waals surface area contributed by atoms with Crippen molar-refractivity contribution in [3.05, 3.63) is 23.8 Å². The highest BCUT2D eigenvalue weighted by Gasteiger charge is 2.44. The first-order valence-corrected chi connectivity index (χ1v) is 5.40. The van der Waals surface area contributed by atoms with E-state index >= 15 is 0 Å². The highest BCUT2D eigenvalue weighted by Crippen LogP contribution is 2.44. The number of ether oxygens (including phenoxy) is 1. The summed E-state index contributed by atoms with van der Waals surface area (Å²) < 4.78 is 5.70. The smallest absolute Gasteiger partial charge is 0.126 e. The molecule has 1 aromatic carbocycles. The van der Waals surface area contributed by atoms with Gasteiger partial charge in [0.25, 0.3) is 0 Å². The Morgan fingerprint density at radius 2 is 2.40 bits per heavy atom. The van der Waals surface area contributed by atoms with E-state index in [4.69, 9.17) is 4.74 Å². The molecule has 1 aromatic rings. The number of hydrogen-bond acceptors (Lipinski definition) is 3. The molecule has 2 heterocycles. The van der Waals surface area contributed by atoms with Gasteiger partial charge in [0.05, 0.1) is 5.54 Å². The van der Waals surface area contributed by atoms with Crippen molar-refractivity contribution < 1.29 is 9.84 Å². The standard InChI is InChI=1S/C12H15NO2/c1-12-7-15-11-6-8(14)2-3-9(11)10(12)4-5-13-12/h2-3,6,10,13-14H,4-5,7H2,1H3/t10-,12+/m0/s1. The lowest BCUT2D eigenvalue weighted by molar-refractivity contribution is 0.170. The van der Waals surface area contributed by atoms with Crippen molar-refractivity contribution in [1.82, 2.24) is 5.32 Å². The minimum atomic E-state index is 0.0734. The number of hydrogen-bond donors (Lipinski definition) is 2. The largest absolute Gasteiger partial charge is 0.508 e. The quantitative estimate of drug-likeness (QED) is 0.676. The van der Waals surface area contributed by atoms with Crippen LogP contribution in [-0.4, -0.2) is 23.8 Å². The Balaban J connectivity index is 2.09. The van der Waals surface area contributed by atoms with Gasteiger partial charge in [-0.15, -0.1) is 0 Å². The van der Waals surface area contributed by atoms with Crippen LogP contribution in [0.1, 0.15) is 24.8 Å². The minimum Gasteiger partial charge on any atom is -0.508 e. The fourth-order valence-electron chi connectivity index (χ4n) is 2.76. The lowest BCUT2D eigenvalue weighted by Crippen LogP contribution is -2.48. The molecule has 3 nitrogen and oxygen atoms in total. The molecule has 0 radical (unpaired) electrons. The number of benzene rings is 1. The second kappa shape index (κ2) is 2.89. The van der Waals surface area contributed by atoms with Crippen molar-refractivity contribution in [1.29, 1.82) is 0 Å². The highest BCUT2D eigenvalue weighted by atomic mass is 16.5. The summed E-state index contributed by atoms with van der Waals surface area (Å²) in [6.45, 7) is 3.94. The third-order valence-corrected chi connectivity index (χ3v) is 3.63. The van der Waals surface area contributed by atoms with Gasteiger partial charge in [-0.3, -0.25) is 0 Å². The molecule has 0 aliphatic carbocycles. The van der Waals surface area contributed by atoms with Crippen LogP contribution < -0.4 is 10.1 Å². The molecule has 1 saturated heterocycles. The average Bonchev–Trinajstić information content (AvgIpc) is 2.60. The molecule has 0 unspecified atom stereocenters. The summed E-state index contributed by atoms with van der Waals surface area (Å²) >= 11 is 0. The Hall–Kier alpha value is -1.22. The zero-order chi connectivity index (χ0) is 10.5. The van der Waals surface area contributed by atoms with Crippen LogP contribution in [0.4, 0.5) is 0 Å². The summed E-state index contributed by atoms with van der Waals surface area (Å²) in [6.07, 6.45) is 1.15. The maximum Gasteiger partial charge on any atom is 0.126 e. The van der Waals surface area contributed by atoms with Crippen LogP contribution in [0.5, 0.6) is 11.5 Å². The first-order chi connectivity index (χ1) is 7.19. The zero-order valence-electron chi connectivity index (χ0n) is 8.79. The number of phenolic OH excluding ortho intramolecular Hbond substituents is 1. The second-order valence-electron chi connectivity index (χ2n) is 4.70. The fraction of sp³-hybridized carbons (Fsp3) is 0.500. The van der Waals surface area contributed by atoms with Gasteiger partial charge >= 0.3 is 0 Å². The summed E-state index contributed by atoms with van der Waals surface area (Å²) in [5.74, 6) is 1.64. The van der Waals surface area contributed by atoms with Gasteiger partial charge in [0.15, 0.2) is 0 Å². The Labute approximate surface area is 89.1 Å². The van der Waals surface area contributed by atoms with E-state index in [0.29, 0.717) is 12.5 Å². The van der Waals surface area contributed by atoms with Crippen LogP contribution in [0, 0.1) is 0 Å². The van der Waals surface area contributed by atoms with Gasteiger partial charge in [0, 0.05) is 12.0 Å². The number of phenols is 1. The monoisotopic (exact) mass is 205 g/mol. The Bertz CT molecular complexity index is 405. The van der Waals surface area contributed by atoms with Crippen molar-refractivity contribution in [3.63, 3.8) is 0 Å². The lowest BCUT2D eigenvalue weighted by Gasteiger charge is -2.37. The third-order valence-electron chi connectivity index (χ3n) is 3.63. The molecular weight excluding hydrogens is 190 g/mol. The summed E-state index contributed by atoms with van der Waals surface area (Å²) in [4.78, 5) is 0. The molecule has 0 bridgehead atoms. The fourth-order valence-corrected chi connectivity index (χ4v) is 2.76. The topological polar surface area (TPSA) is 41.5 Å². The Kier molecular flexibility index (Phi) is 1.74. The summed E-state index contributed by atoms with van der Waals surface area (Å²) in [6, 6.07) is 5.44. The van der Waals surface area contributed by atoms with Gasteiger partial charge in [-0.2, -0.15) is 0 Å². The van der Waals surface area contributed by atoms with E-state index < -0.39 is 0 Å². The van der Waals surface area contributed by atoms with E-state index in [9.17, 15) is 5.11 Å². The van der Waals surface area contributed by atoms with Crippen LogP contribution in [0.15, 0.2) is 18.2 Å². The molecule has 0 saturated carbocycles. The predicted octanol–water partition coefficient (Wildman–Crippen LogP) is 1.62. The van der Waals surface area contributed by atoms with E-state index in [1.54, 1.807) is 12.1 Å². The second-order valence-corrected chi connectivity index (χ2v) is 4.70. The molecule has 2 atom stereocenters. The van der Waals surface area contributed by atoms with Crippen LogP contribution >= 0.6 is 0 Å². The number of nitrogens with one attached hydrogen (secondary N) is 1. The molecule has 15 heavy (non-hydrogen) atoms. The molecule has 80 valence electrons. The normalized spacial score (nSPS) is 33.0. The average molecular weight is 205 g/mol. The SMILES string of the molecule is C[C@@]12COc3cc(O)ccc3[C@@H]1CCN2. The number of rotatable bonds is 0. The van der Waals surface area contributed by atoms with E-state index in [-0.39, 0.29) is 11.3 Å². The molecule has 1 fully saturated rings. The van der Waals surface area contributed by atoms with Crippen molar-refractivity contribution >= 4 is 0 Å². The molecule has 3 heteroatoms. The van der Waals surface area contributed by atoms with Gasteiger partial charge in [-0.25, -0.2) is 0 Å². The Morgan fingerprint density at radius 1 is 1.53 bits per heavy atom. The molecule has 2 N–H and O–H groups in total. The van der Waals surface area contributed by atoms with E-state index in [0.717, 1.165) is 18.7 Å². The molecular formula is C12H15NO2. The molecule has 0 spiro atoms. The van der Waals surface area contributed by atoms with Crippen molar-refractivity contribution in [2.45, 2.75) is 24.8 Å². The summed E-state index contributed by atoms with van der Waals surface area (Å²) in [7, 11) is 0. The Morgan fingerprint density at radius 3 is 3.27 bits per heavy atom. The number of fused-ring (bicyclic) bond motifs is 3. The number of aromatic hydroxyl groups is 1. The summed E-state index contributed by atoms with van der Waals surface area (Å²) in [5, 5.41) is 12.9. The maximum atomic E-state index is 9.40. The van der Waals surface area contributed by atoms with Crippen LogP contribution in [-0.2, 0) is 0 Å². The molecule has 3 rings (SSSR count). The van der Waals surface area contributed by atoms with Crippen molar-refractivity contribution in [3.8, 4) is 11.5 Å². The molecule has 0 aromatic heterocycles. The van der Waals surface area contributed by atoms with E-state index in [2.05, 4.69) is 12.2 Å². The van der Waals surface area contributed by atoms with E-state index in [1.807, 2.05) is 6.07 Å². The van der Waals surface area contributed by atoms with Crippen molar-refractivity contribution in [2.24, 2.45) is 0 Å². The van der Waals surface area contributed by atoms with Gasteiger partial charge in [-0.05, 0) is 31.5 Å². The van der Waals surface area contributed by atoms with Gasteiger partial charge < -0.3 is 15.2 Å². The first kappa shape index (κ1) is 9.04. The zero-order valence-corrected chi connectivity index (χ0v) is 8.79. The predicted molar refractivity (Wildman–Crippen MR) is 57.4 cm³/mol. The summed E-state index contributed by atoms with van der Waals surface area (Å²) in [5.41, 5.74) is 1.30. The van der Waals surface area contributed by atoms with Gasteiger partial charge in [0.2, 0.25) is 0 Å². The first-order valence-electron chi connectivity index (χ1n) is 5.40. The van der Waals surface area contributed by atoms with Crippen LogP contribution in [0.3, 0.4) is 0 Å². The molecule has 2 aliphatic rings. The van der Waals surface area contributed by atoms with E-state index in [1.165, 1.54) is 5.56 Å². The molecule has 2 aliphatic heterocycles.